The van der Waals surface area contributed by atoms with Crippen molar-refractivity contribution in [1.29, 1.82) is 0 Å². The number of nitrogens with zero attached hydrogens (tertiary/aromatic N) is 2. The maximum atomic E-state index is 13.6. The zero-order valence-electron chi connectivity index (χ0n) is 23.9. The highest BCUT2D eigenvalue weighted by Gasteiger charge is 2.43. The first-order valence-electron chi connectivity index (χ1n) is 13.4. The second-order valence-electron chi connectivity index (χ2n) is 10.6. The third kappa shape index (κ3) is 6.92. The zero-order chi connectivity index (χ0) is 34.2. The molecule has 10 radical (unpaired) electrons. The first-order valence-corrected chi connectivity index (χ1v) is 14.9. The number of nitrogens with one attached hydrogen (secondary N) is 1. The van der Waals surface area contributed by atoms with Crippen molar-refractivity contribution >= 4 is 65.9 Å². The number of carbonyl (C=O) groups is 1. The summed E-state index contributed by atoms with van der Waals surface area (Å²) in [7, 11) is 22.9. The Labute approximate surface area is 268 Å². The van der Waals surface area contributed by atoms with E-state index in [1.54, 1.807) is 0 Å². The average molecular weight is 645 g/mol. The fraction of sp³-hybridized carbons (Fsp3) is 0.286. The van der Waals surface area contributed by atoms with Crippen LogP contribution in [0.4, 0.5) is 22.0 Å². The Hall–Kier alpha value is -3.52. The molecule has 0 saturated heterocycles. The lowest BCUT2D eigenvalue weighted by molar-refractivity contribution is -0.138. The standard InChI is InChI=1S/C28H21B5F5N3O4S/c29-27(30,31)28(32,33)46(44,45)20-4-5-22(39-13-20)23(14-42)40-25(43)16-2-6-24-17(9-16)11-19(41(24)8-7-34)10-15-1-3-18(35)12-21(15)26(36,37)38/h1-6,9,11-13,23,42H,7-8,10,14H2,(H,40,43)/t23-/m0/s1. The first kappa shape index (κ1) is 35.3. The summed E-state index contributed by atoms with van der Waals surface area (Å²) in [6, 6.07) is 9.26. The number of sulfone groups is 1. The molecule has 2 aromatic heterocycles. The molecule has 2 aromatic carbocycles. The lowest BCUT2D eigenvalue weighted by atomic mass is 9.30. The smallest absolute Gasteiger partial charge is 0.394 e. The van der Waals surface area contributed by atoms with Gasteiger partial charge in [-0.2, -0.15) is 13.2 Å². The highest BCUT2D eigenvalue weighted by Crippen LogP contribution is 2.36. The summed E-state index contributed by atoms with van der Waals surface area (Å²) in [5, 5.41) is 10.4. The number of benzene rings is 2. The number of rotatable bonds is 11. The van der Waals surface area contributed by atoms with Crippen molar-refractivity contribution in [3.8, 4) is 0 Å². The van der Waals surface area contributed by atoms with Crippen molar-refractivity contribution in [2.24, 2.45) is 0 Å². The van der Waals surface area contributed by atoms with Crippen LogP contribution in [-0.2, 0) is 29.0 Å². The number of aliphatic hydroxyl groups is 1. The highest BCUT2D eigenvalue weighted by atomic mass is 32.2. The van der Waals surface area contributed by atoms with E-state index in [-0.39, 0.29) is 29.8 Å². The fourth-order valence-corrected chi connectivity index (χ4v) is 6.06. The molecule has 0 aliphatic carbocycles. The van der Waals surface area contributed by atoms with Crippen molar-refractivity contribution < 1.29 is 40.3 Å². The van der Waals surface area contributed by atoms with Gasteiger partial charge in [0.2, 0.25) is 0 Å². The molecule has 0 aliphatic heterocycles. The predicted molar refractivity (Wildman–Crippen MR) is 165 cm³/mol. The van der Waals surface area contributed by atoms with E-state index in [0.29, 0.717) is 22.7 Å². The molecule has 7 nitrogen and oxygen atoms in total. The van der Waals surface area contributed by atoms with E-state index in [9.17, 15) is 40.3 Å². The number of alkyl halides is 4. The van der Waals surface area contributed by atoms with E-state index in [1.165, 1.54) is 34.9 Å². The average Bonchev–Trinajstić information content (AvgIpc) is 3.31. The number of aryl methyl sites for hydroxylation is 1. The van der Waals surface area contributed by atoms with Gasteiger partial charge in [-0.15, -0.1) is 5.11 Å². The molecule has 1 amide bonds. The lowest BCUT2D eigenvalue weighted by Gasteiger charge is -2.40. The quantitative estimate of drug-likeness (QED) is 0.193. The minimum Gasteiger partial charge on any atom is -0.394 e. The molecule has 4 aromatic rings. The number of aromatic nitrogens is 2. The largest absolute Gasteiger partial charge is 0.416 e. The van der Waals surface area contributed by atoms with Gasteiger partial charge >= 0.3 is 6.18 Å². The molecule has 18 heteroatoms. The number of aliphatic hydroxyl groups excluding tert-OH is 1. The molecule has 0 spiro atoms. The monoisotopic (exact) mass is 645 g/mol. The Morgan fingerprint density at radius 1 is 1.00 bits per heavy atom. The normalized spacial score (nSPS) is 13.5. The van der Waals surface area contributed by atoms with Crippen LogP contribution in [0.1, 0.15) is 38.9 Å². The van der Waals surface area contributed by atoms with Crippen LogP contribution in [0.2, 0.25) is 5.11 Å². The van der Waals surface area contributed by atoms with Crippen LogP contribution in [0, 0.1) is 5.82 Å². The molecule has 228 valence electrons. The van der Waals surface area contributed by atoms with Crippen molar-refractivity contribution in [2.75, 3.05) is 13.3 Å². The van der Waals surface area contributed by atoms with Gasteiger partial charge in [0, 0.05) is 34.8 Å². The van der Waals surface area contributed by atoms with E-state index in [2.05, 4.69) is 10.3 Å². The summed E-state index contributed by atoms with van der Waals surface area (Å²) >= 11 is 0. The third-order valence-electron chi connectivity index (χ3n) is 7.34. The Morgan fingerprint density at radius 3 is 2.26 bits per heavy atom. The number of fused-ring (bicyclic) bond motifs is 1. The van der Waals surface area contributed by atoms with Crippen molar-refractivity contribution in [3.05, 3.63) is 94.7 Å². The van der Waals surface area contributed by atoms with Gasteiger partial charge in [0.05, 0.1) is 74.6 Å². The van der Waals surface area contributed by atoms with Gasteiger partial charge in [0.1, 0.15) is 12.5 Å². The Balaban J connectivity index is 1.60. The molecular weight excluding hydrogens is 623 g/mol. The molecule has 46 heavy (non-hydrogen) atoms. The van der Waals surface area contributed by atoms with Gasteiger partial charge in [-0.1, -0.05) is 6.07 Å². The van der Waals surface area contributed by atoms with E-state index in [4.69, 9.17) is 39.2 Å². The molecular formula is C28H21B5F5N3O4S. The minimum atomic E-state index is -4.82. The van der Waals surface area contributed by atoms with Crippen LogP contribution in [0.25, 0.3) is 10.9 Å². The molecule has 2 heterocycles. The summed E-state index contributed by atoms with van der Waals surface area (Å²) in [5.41, 5.74) is -0.520. The summed E-state index contributed by atoms with van der Waals surface area (Å²) in [6.45, 7) is -1.67. The maximum absolute atomic E-state index is 13.6. The molecule has 2 N–H and O–H groups in total. The fourth-order valence-electron chi connectivity index (χ4n) is 4.77. The lowest BCUT2D eigenvalue weighted by Crippen LogP contribution is -2.52. The van der Waals surface area contributed by atoms with Crippen LogP contribution in [-0.4, -0.2) is 86.0 Å². The summed E-state index contributed by atoms with van der Waals surface area (Å²) in [4.78, 5) is 16.6. The molecule has 4 rings (SSSR count). The van der Waals surface area contributed by atoms with Gasteiger partial charge < -0.3 is 15.0 Å². The van der Waals surface area contributed by atoms with Gasteiger partial charge in [-0.25, -0.2) is 17.2 Å². The van der Waals surface area contributed by atoms with Crippen LogP contribution in [0.15, 0.2) is 65.7 Å². The molecule has 0 aliphatic rings. The summed E-state index contributed by atoms with van der Waals surface area (Å²) in [5.74, 6) is -1.75. The molecule has 0 saturated carbocycles. The summed E-state index contributed by atoms with van der Waals surface area (Å²) in [6.07, 6.45) is -4.25. The van der Waals surface area contributed by atoms with Crippen molar-refractivity contribution in [1.82, 2.24) is 14.9 Å². The molecule has 0 fully saturated rings. The van der Waals surface area contributed by atoms with Crippen LogP contribution >= 0.6 is 0 Å². The minimum absolute atomic E-state index is 0.0474. The first-order chi connectivity index (χ1) is 21.3. The second-order valence-corrected chi connectivity index (χ2v) is 12.7. The zero-order valence-corrected chi connectivity index (χ0v) is 24.7. The van der Waals surface area contributed by atoms with E-state index in [0.717, 1.165) is 24.4 Å². The van der Waals surface area contributed by atoms with Gasteiger partial charge in [-0.3, -0.25) is 9.78 Å². The topological polar surface area (TPSA) is 101 Å². The maximum Gasteiger partial charge on any atom is 0.416 e. The van der Waals surface area contributed by atoms with Gasteiger partial charge in [-0.05, 0) is 58.6 Å². The van der Waals surface area contributed by atoms with Crippen LogP contribution < -0.4 is 5.32 Å². The number of hydrogen-bond acceptors (Lipinski definition) is 5. The van der Waals surface area contributed by atoms with Gasteiger partial charge in [0.15, 0.2) is 9.84 Å². The third-order valence-corrected chi connectivity index (χ3v) is 9.45. The number of pyridine rings is 1. The summed E-state index contributed by atoms with van der Waals surface area (Å²) < 4.78 is 92.2. The highest BCUT2D eigenvalue weighted by molar-refractivity contribution is 7.95. The van der Waals surface area contributed by atoms with Crippen molar-refractivity contribution in [3.63, 3.8) is 0 Å². The van der Waals surface area contributed by atoms with E-state index in [1.807, 2.05) is 0 Å². The van der Waals surface area contributed by atoms with E-state index < -0.39 is 67.2 Å². The number of amides is 1. The number of hydrogen-bond donors (Lipinski definition) is 2. The van der Waals surface area contributed by atoms with Crippen molar-refractivity contribution in [2.45, 2.75) is 39.7 Å². The van der Waals surface area contributed by atoms with Crippen LogP contribution in [0.5, 0.6) is 0 Å². The number of carbonyl (C=O) groups excluding carboxylic acids is 1. The molecule has 1 atom stereocenters. The SMILES string of the molecule is [B]C([B])([B])C([B])([B])S(=O)(=O)c1ccc([C@H](CO)NC(=O)c2ccc3c(c2)cc(Cc2ccc(F)cc2C(F)(F)F)n3CCF)nc1. The predicted octanol–water partition coefficient (Wildman–Crippen LogP) is 2.56. The Bertz CT molecular complexity index is 1860. The van der Waals surface area contributed by atoms with Crippen LogP contribution in [0.3, 0.4) is 0 Å². The Kier molecular flexibility index (Phi) is 9.94. The van der Waals surface area contributed by atoms with E-state index >= 15 is 0 Å². The molecule has 0 bridgehead atoms. The van der Waals surface area contributed by atoms with Gasteiger partial charge in [0.25, 0.3) is 5.91 Å². The molecule has 0 unspecified atom stereocenters. The second kappa shape index (κ2) is 12.9. The number of halogens is 5. The Morgan fingerprint density at radius 2 is 1.70 bits per heavy atom.